The molecular weight excluding hydrogens is 268 g/mol. The van der Waals surface area contributed by atoms with Crippen LogP contribution in [0.3, 0.4) is 0 Å². The van der Waals surface area contributed by atoms with E-state index in [1.165, 1.54) is 11.1 Å². The van der Waals surface area contributed by atoms with Gasteiger partial charge in [-0.3, -0.25) is 9.59 Å². The second-order valence-electron chi connectivity index (χ2n) is 5.35. The quantitative estimate of drug-likeness (QED) is 0.883. The summed E-state index contributed by atoms with van der Waals surface area (Å²) < 4.78 is 0. The first-order valence-electron chi connectivity index (χ1n) is 7.32. The van der Waals surface area contributed by atoms with Crippen LogP contribution in [0.1, 0.15) is 17.5 Å². The van der Waals surface area contributed by atoms with Gasteiger partial charge in [0.25, 0.3) is 0 Å². The Kier molecular flexibility index (Phi) is 5.33. The van der Waals surface area contributed by atoms with E-state index < -0.39 is 6.61 Å². The molecule has 1 heterocycles. The molecule has 21 heavy (non-hydrogen) atoms. The van der Waals surface area contributed by atoms with Crippen LogP contribution in [0.25, 0.3) is 0 Å². The molecule has 1 fully saturated rings. The summed E-state index contributed by atoms with van der Waals surface area (Å²) in [6, 6.07) is 8.10. The van der Waals surface area contributed by atoms with Crippen molar-refractivity contribution in [2.45, 2.75) is 19.8 Å². The van der Waals surface area contributed by atoms with Gasteiger partial charge < -0.3 is 14.9 Å². The first kappa shape index (κ1) is 15.5. The normalized spacial score (nSPS) is 15.1. The van der Waals surface area contributed by atoms with E-state index in [0.717, 1.165) is 6.42 Å². The first-order valence-corrected chi connectivity index (χ1v) is 7.32. The lowest BCUT2D eigenvalue weighted by atomic mass is 10.0. The van der Waals surface area contributed by atoms with Crippen molar-refractivity contribution < 1.29 is 14.7 Å². The van der Waals surface area contributed by atoms with Crippen LogP contribution in [0.15, 0.2) is 24.3 Å². The summed E-state index contributed by atoms with van der Waals surface area (Å²) in [4.78, 5) is 27.0. The molecule has 0 spiro atoms. The molecule has 0 atom stereocenters. The Hall–Kier alpha value is -1.88. The number of benzene rings is 1. The third-order valence-electron chi connectivity index (χ3n) is 3.99. The molecule has 1 N–H and O–H groups in total. The molecule has 0 unspecified atom stereocenters. The zero-order chi connectivity index (χ0) is 15.2. The van der Waals surface area contributed by atoms with E-state index in [1.807, 2.05) is 12.1 Å². The SMILES string of the molecule is Cc1ccccc1CCC(=O)N1CCN(C(=O)CO)CC1. The lowest BCUT2D eigenvalue weighted by molar-refractivity contribution is -0.141. The Morgan fingerprint density at radius 1 is 1.05 bits per heavy atom. The molecule has 1 aliphatic heterocycles. The number of aryl methyl sites for hydroxylation is 2. The molecule has 5 heteroatoms. The van der Waals surface area contributed by atoms with Gasteiger partial charge in [-0.1, -0.05) is 24.3 Å². The highest BCUT2D eigenvalue weighted by Gasteiger charge is 2.23. The number of aliphatic hydroxyl groups is 1. The van der Waals surface area contributed by atoms with E-state index in [4.69, 9.17) is 5.11 Å². The van der Waals surface area contributed by atoms with Gasteiger partial charge in [-0.15, -0.1) is 0 Å². The topological polar surface area (TPSA) is 60.9 Å². The molecule has 0 saturated carbocycles. The van der Waals surface area contributed by atoms with Gasteiger partial charge in [0.2, 0.25) is 11.8 Å². The molecule has 1 aromatic rings. The average Bonchev–Trinajstić information content (AvgIpc) is 2.53. The number of piperazine rings is 1. The highest BCUT2D eigenvalue weighted by atomic mass is 16.3. The fourth-order valence-electron chi connectivity index (χ4n) is 2.60. The van der Waals surface area contributed by atoms with Crippen molar-refractivity contribution in [3.8, 4) is 0 Å². The molecule has 1 aromatic carbocycles. The van der Waals surface area contributed by atoms with E-state index >= 15 is 0 Å². The van der Waals surface area contributed by atoms with Gasteiger partial charge in [0.05, 0.1) is 0 Å². The highest BCUT2D eigenvalue weighted by molar-refractivity contribution is 5.79. The van der Waals surface area contributed by atoms with Gasteiger partial charge in [0.15, 0.2) is 0 Å². The maximum Gasteiger partial charge on any atom is 0.248 e. The molecule has 0 aromatic heterocycles. The Morgan fingerprint density at radius 2 is 1.62 bits per heavy atom. The number of rotatable bonds is 4. The summed E-state index contributed by atoms with van der Waals surface area (Å²) in [6.07, 6.45) is 1.25. The van der Waals surface area contributed by atoms with Crippen LogP contribution in [0.5, 0.6) is 0 Å². The smallest absolute Gasteiger partial charge is 0.248 e. The van der Waals surface area contributed by atoms with E-state index in [-0.39, 0.29) is 11.8 Å². The molecule has 1 saturated heterocycles. The number of aliphatic hydroxyl groups excluding tert-OH is 1. The summed E-state index contributed by atoms with van der Waals surface area (Å²) in [5.74, 6) is -0.128. The van der Waals surface area contributed by atoms with Gasteiger partial charge in [0.1, 0.15) is 6.61 Å². The number of carbonyl (C=O) groups excluding carboxylic acids is 2. The Bertz CT molecular complexity index is 508. The number of carbonyl (C=O) groups is 2. The minimum atomic E-state index is -0.457. The maximum absolute atomic E-state index is 12.2. The maximum atomic E-state index is 12.2. The third kappa shape index (κ3) is 4.04. The summed E-state index contributed by atoms with van der Waals surface area (Å²) in [7, 11) is 0. The van der Waals surface area contributed by atoms with Crippen molar-refractivity contribution in [1.82, 2.24) is 9.80 Å². The van der Waals surface area contributed by atoms with E-state index in [0.29, 0.717) is 32.6 Å². The Labute approximate surface area is 125 Å². The van der Waals surface area contributed by atoms with Gasteiger partial charge in [-0.05, 0) is 24.5 Å². The lowest BCUT2D eigenvalue weighted by Gasteiger charge is -2.34. The zero-order valence-electron chi connectivity index (χ0n) is 12.4. The summed E-state index contributed by atoms with van der Waals surface area (Å²) in [5, 5.41) is 8.83. The van der Waals surface area contributed by atoms with Crippen LogP contribution in [0.4, 0.5) is 0 Å². The zero-order valence-corrected chi connectivity index (χ0v) is 12.4. The van der Waals surface area contributed by atoms with E-state index in [1.54, 1.807) is 9.80 Å². The summed E-state index contributed by atoms with van der Waals surface area (Å²) >= 11 is 0. The van der Waals surface area contributed by atoms with E-state index in [9.17, 15) is 9.59 Å². The molecule has 2 rings (SSSR count). The van der Waals surface area contributed by atoms with Crippen LogP contribution in [0.2, 0.25) is 0 Å². The van der Waals surface area contributed by atoms with Gasteiger partial charge >= 0.3 is 0 Å². The second-order valence-corrected chi connectivity index (χ2v) is 5.35. The van der Waals surface area contributed by atoms with Crippen LogP contribution < -0.4 is 0 Å². The van der Waals surface area contributed by atoms with Gasteiger partial charge in [-0.25, -0.2) is 0 Å². The third-order valence-corrected chi connectivity index (χ3v) is 3.99. The molecule has 114 valence electrons. The molecule has 0 radical (unpaired) electrons. The van der Waals surface area contributed by atoms with Crippen LogP contribution in [-0.4, -0.2) is 59.5 Å². The number of hydrogen-bond acceptors (Lipinski definition) is 3. The average molecular weight is 290 g/mol. The first-order chi connectivity index (χ1) is 10.1. The highest BCUT2D eigenvalue weighted by Crippen LogP contribution is 2.11. The van der Waals surface area contributed by atoms with Gasteiger partial charge in [-0.2, -0.15) is 0 Å². The minimum Gasteiger partial charge on any atom is -0.387 e. The largest absolute Gasteiger partial charge is 0.387 e. The van der Waals surface area contributed by atoms with Crippen molar-refractivity contribution in [3.63, 3.8) is 0 Å². The minimum absolute atomic E-state index is 0.134. The second kappa shape index (κ2) is 7.22. The van der Waals surface area contributed by atoms with E-state index in [2.05, 4.69) is 19.1 Å². The van der Waals surface area contributed by atoms with Crippen molar-refractivity contribution in [3.05, 3.63) is 35.4 Å². The van der Waals surface area contributed by atoms with Crippen LogP contribution >= 0.6 is 0 Å². The molecule has 2 amide bonds. The van der Waals surface area contributed by atoms with Crippen LogP contribution in [0, 0.1) is 6.92 Å². The standard InChI is InChI=1S/C16H22N2O3/c1-13-4-2-3-5-14(13)6-7-15(20)17-8-10-18(11-9-17)16(21)12-19/h2-5,19H,6-12H2,1H3. The van der Waals surface area contributed by atoms with Crippen molar-refractivity contribution in [2.24, 2.45) is 0 Å². The van der Waals surface area contributed by atoms with Crippen LogP contribution in [-0.2, 0) is 16.0 Å². The molecular formula is C16H22N2O3. The predicted octanol–water partition coefficient (Wildman–Crippen LogP) is 0.591. The number of nitrogens with zero attached hydrogens (tertiary/aromatic N) is 2. The Morgan fingerprint density at radius 3 is 2.19 bits per heavy atom. The van der Waals surface area contributed by atoms with Crippen molar-refractivity contribution in [2.75, 3.05) is 32.8 Å². The molecule has 0 aliphatic carbocycles. The monoisotopic (exact) mass is 290 g/mol. The van der Waals surface area contributed by atoms with Gasteiger partial charge in [0, 0.05) is 32.6 Å². The predicted molar refractivity (Wildman–Crippen MR) is 79.7 cm³/mol. The number of amides is 2. The van der Waals surface area contributed by atoms with Crippen molar-refractivity contribution >= 4 is 11.8 Å². The molecule has 1 aliphatic rings. The lowest BCUT2D eigenvalue weighted by Crippen LogP contribution is -2.51. The number of hydrogen-bond donors (Lipinski definition) is 1. The Balaban J connectivity index is 1.80. The van der Waals surface area contributed by atoms with Crippen molar-refractivity contribution in [1.29, 1.82) is 0 Å². The fourth-order valence-corrected chi connectivity index (χ4v) is 2.60. The fraction of sp³-hybridized carbons (Fsp3) is 0.500. The molecule has 5 nitrogen and oxygen atoms in total. The summed E-state index contributed by atoms with van der Waals surface area (Å²) in [5.41, 5.74) is 2.42. The summed E-state index contributed by atoms with van der Waals surface area (Å²) in [6.45, 7) is 3.72. The molecule has 0 bridgehead atoms.